The molecule has 0 atom stereocenters. The third-order valence-corrected chi connectivity index (χ3v) is 3.47. The van der Waals surface area contributed by atoms with E-state index in [1.807, 2.05) is 40.9 Å². The van der Waals surface area contributed by atoms with Gasteiger partial charge in [0.05, 0.1) is 17.9 Å². The minimum atomic E-state index is 0.162. The number of fused-ring (bicyclic) bond motifs is 1. The summed E-state index contributed by atoms with van der Waals surface area (Å²) in [6.07, 6.45) is 0. The van der Waals surface area contributed by atoms with Crippen molar-refractivity contribution in [2.75, 3.05) is 34.8 Å². The van der Waals surface area contributed by atoms with E-state index in [2.05, 4.69) is 12.2 Å². The molecule has 0 bridgehead atoms. The van der Waals surface area contributed by atoms with Crippen LogP contribution in [-0.2, 0) is 4.79 Å². The van der Waals surface area contributed by atoms with Crippen molar-refractivity contribution in [3.05, 3.63) is 24.3 Å². The smallest absolute Gasteiger partial charge is 0.246 e. The van der Waals surface area contributed by atoms with E-state index in [0.717, 1.165) is 29.4 Å². The van der Waals surface area contributed by atoms with Gasteiger partial charge in [-0.3, -0.25) is 4.79 Å². The molecule has 1 aliphatic heterocycles. The molecular weight excluding hydrogens is 220 g/mol. The summed E-state index contributed by atoms with van der Waals surface area (Å²) in [4.78, 5) is 13.7. The normalized spacial score (nSPS) is 14.6. The van der Waals surface area contributed by atoms with Crippen LogP contribution in [0.2, 0.25) is 0 Å². The van der Waals surface area contributed by atoms with Crippen molar-refractivity contribution in [3.8, 4) is 0 Å². The van der Waals surface area contributed by atoms with Gasteiger partial charge in [-0.05, 0) is 17.9 Å². The molecule has 2 rings (SSSR count). The number of nitrogens with one attached hydrogen (secondary N) is 1. The Kier molecular flexibility index (Phi) is 3.72. The van der Waals surface area contributed by atoms with E-state index in [1.54, 1.807) is 0 Å². The maximum atomic E-state index is 11.8. The van der Waals surface area contributed by atoms with Gasteiger partial charge in [-0.2, -0.15) is 11.8 Å². The second-order valence-electron chi connectivity index (χ2n) is 3.61. The molecule has 1 aliphatic rings. The van der Waals surface area contributed by atoms with Gasteiger partial charge in [0.2, 0.25) is 5.91 Å². The van der Waals surface area contributed by atoms with Crippen LogP contribution in [0.25, 0.3) is 0 Å². The summed E-state index contributed by atoms with van der Waals surface area (Å²) in [7, 11) is 0. The van der Waals surface area contributed by atoms with Gasteiger partial charge in [-0.1, -0.05) is 19.1 Å². The second kappa shape index (κ2) is 5.25. The van der Waals surface area contributed by atoms with Gasteiger partial charge in [0, 0.05) is 12.3 Å². The minimum absolute atomic E-state index is 0.162. The first-order valence-electron chi connectivity index (χ1n) is 5.54. The molecule has 86 valence electrons. The van der Waals surface area contributed by atoms with E-state index in [1.165, 1.54) is 0 Å². The van der Waals surface area contributed by atoms with E-state index in [4.69, 9.17) is 0 Å². The molecule has 0 unspecified atom stereocenters. The summed E-state index contributed by atoms with van der Waals surface area (Å²) in [6, 6.07) is 7.97. The van der Waals surface area contributed by atoms with Crippen LogP contribution in [0.5, 0.6) is 0 Å². The largest absolute Gasteiger partial charge is 0.374 e. The molecule has 0 saturated carbocycles. The molecule has 1 heterocycles. The van der Waals surface area contributed by atoms with Gasteiger partial charge in [-0.25, -0.2) is 0 Å². The molecule has 4 heteroatoms. The first-order valence-corrected chi connectivity index (χ1v) is 6.69. The molecule has 1 aromatic rings. The second-order valence-corrected chi connectivity index (χ2v) is 5.01. The third kappa shape index (κ3) is 2.32. The van der Waals surface area contributed by atoms with Gasteiger partial charge in [0.25, 0.3) is 0 Å². The average Bonchev–Trinajstić information content (AvgIpc) is 2.32. The van der Waals surface area contributed by atoms with Crippen LogP contribution in [0.4, 0.5) is 11.4 Å². The molecule has 1 N–H and O–H groups in total. The predicted octanol–water partition coefficient (Wildman–Crippen LogP) is 2.20. The van der Waals surface area contributed by atoms with Crippen molar-refractivity contribution in [3.63, 3.8) is 0 Å². The molecule has 1 amide bonds. The van der Waals surface area contributed by atoms with Gasteiger partial charge in [0.1, 0.15) is 0 Å². The van der Waals surface area contributed by atoms with Crippen LogP contribution in [0.3, 0.4) is 0 Å². The summed E-state index contributed by atoms with van der Waals surface area (Å²) < 4.78 is 0. The van der Waals surface area contributed by atoms with Crippen LogP contribution >= 0.6 is 11.8 Å². The Balaban J connectivity index is 2.13. The van der Waals surface area contributed by atoms with Crippen molar-refractivity contribution >= 4 is 29.0 Å². The van der Waals surface area contributed by atoms with E-state index < -0.39 is 0 Å². The molecule has 0 saturated heterocycles. The molecular formula is C12H16N2OS. The number of rotatable bonds is 4. The van der Waals surface area contributed by atoms with Gasteiger partial charge in [-0.15, -0.1) is 0 Å². The lowest BCUT2D eigenvalue weighted by atomic mass is 10.2. The Morgan fingerprint density at radius 1 is 1.44 bits per heavy atom. The molecule has 3 nitrogen and oxygen atoms in total. The first kappa shape index (κ1) is 11.3. The fraction of sp³-hybridized carbons (Fsp3) is 0.417. The van der Waals surface area contributed by atoms with E-state index in [0.29, 0.717) is 6.54 Å². The maximum absolute atomic E-state index is 11.8. The summed E-state index contributed by atoms with van der Waals surface area (Å²) >= 11 is 1.86. The minimum Gasteiger partial charge on any atom is -0.374 e. The van der Waals surface area contributed by atoms with Crippen molar-refractivity contribution in [1.82, 2.24) is 0 Å². The van der Waals surface area contributed by atoms with Crippen molar-refractivity contribution in [2.24, 2.45) is 0 Å². The highest BCUT2D eigenvalue weighted by Gasteiger charge is 2.22. The Morgan fingerprint density at radius 2 is 2.25 bits per heavy atom. The number of amides is 1. The molecule has 0 spiro atoms. The van der Waals surface area contributed by atoms with Crippen molar-refractivity contribution < 1.29 is 4.79 Å². The quantitative estimate of drug-likeness (QED) is 0.813. The van der Waals surface area contributed by atoms with Gasteiger partial charge >= 0.3 is 0 Å². The number of hydrogen-bond donors (Lipinski definition) is 1. The summed E-state index contributed by atoms with van der Waals surface area (Å²) in [5, 5.41) is 3.13. The lowest BCUT2D eigenvalue weighted by Gasteiger charge is -2.30. The fourth-order valence-corrected chi connectivity index (χ4v) is 2.40. The van der Waals surface area contributed by atoms with Crippen LogP contribution in [-0.4, -0.2) is 30.5 Å². The molecule has 1 aromatic carbocycles. The van der Waals surface area contributed by atoms with Crippen LogP contribution in [0.1, 0.15) is 6.92 Å². The number of nitrogens with zero attached hydrogens (tertiary/aromatic N) is 1. The van der Waals surface area contributed by atoms with E-state index >= 15 is 0 Å². The highest BCUT2D eigenvalue weighted by atomic mass is 32.2. The lowest BCUT2D eigenvalue weighted by molar-refractivity contribution is -0.117. The number of carbonyl (C=O) groups excluding carboxylic acids is 1. The predicted molar refractivity (Wildman–Crippen MR) is 70.3 cm³/mol. The summed E-state index contributed by atoms with van der Waals surface area (Å²) in [6.45, 7) is 3.35. The Labute approximate surface area is 100 Å². The number of carbonyl (C=O) groups is 1. The fourth-order valence-electron chi connectivity index (χ4n) is 1.80. The molecule has 16 heavy (non-hydrogen) atoms. The molecule has 0 aliphatic carbocycles. The molecule has 0 fully saturated rings. The topological polar surface area (TPSA) is 32.3 Å². The summed E-state index contributed by atoms with van der Waals surface area (Å²) in [5.74, 6) is 2.26. The highest BCUT2D eigenvalue weighted by molar-refractivity contribution is 7.99. The Morgan fingerprint density at radius 3 is 3.06 bits per heavy atom. The van der Waals surface area contributed by atoms with Crippen molar-refractivity contribution in [1.29, 1.82) is 0 Å². The maximum Gasteiger partial charge on any atom is 0.246 e. The van der Waals surface area contributed by atoms with Crippen molar-refractivity contribution in [2.45, 2.75) is 6.92 Å². The highest BCUT2D eigenvalue weighted by Crippen LogP contribution is 2.28. The third-order valence-electron chi connectivity index (χ3n) is 2.59. The number of thioether (sulfide) groups is 1. The van der Waals surface area contributed by atoms with Gasteiger partial charge < -0.3 is 10.2 Å². The summed E-state index contributed by atoms with van der Waals surface area (Å²) in [5.41, 5.74) is 2.07. The monoisotopic (exact) mass is 236 g/mol. The lowest BCUT2D eigenvalue weighted by Crippen LogP contribution is -2.41. The van der Waals surface area contributed by atoms with Gasteiger partial charge in [0.15, 0.2) is 0 Å². The number of para-hydroxylation sites is 2. The average molecular weight is 236 g/mol. The zero-order valence-corrected chi connectivity index (χ0v) is 10.2. The zero-order valence-electron chi connectivity index (χ0n) is 9.40. The van der Waals surface area contributed by atoms with Crippen LogP contribution < -0.4 is 10.2 Å². The Bertz CT molecular complexity index is 381. The molecule has 0 radical (unpaired) electrons. The zero-order chi connectivity index (χ0) is 11.4. The van der Waals surface area contributed by atoms with E-state index in [9.17, 15) is 4.79 Å². The Hall–Kier alpha value is -1.16. The molecule has 0 aromatic heterocycles. The first-order chi connectivity index (χ1) is 7.83. The number of anilines is 2. The van der Waals surface area contributed by atoms with Crippen LogP contribution in [0.15, 0.2) is 24.3 Å². The van der Waals surface area contributed by atoms with Crippen LogP contribution in [0, 0.1) is 0 Å². The SMILES string of the molecule is CCSCCN1C(=O)CNc2ccccc21. The standard InChI is InChI=1S/C12H16N2OS/c1-2-16-8-7-14-11-6-4-3-5-10(11)13-9-12(14)15/h3-6,13H,2,7-9H2,1H3. The van der Waals surface area contributed by atoms with E-state index in [-0.39, 0.29) is 5.91 Å². The number of benzene rings is 1. The number of hydrogen-bond acceptors (Lipinski definition) is 3.